The number of hydrogen-bond donors (Lipinski definition) is 2. The summed E-state index contributed by atoms with van der Waals surface area (Å²) in [6, 6.07) is 3.45. The lowest BCUT2D eigenvalue weighted by atomic mass is 10.2. The first-order chi connectivity index (χ1) is 5.27. The van der Waals surface area contributed by atoms with Gasteiger partial charge in [-0.3, -0.25) is 0 Å². The number of rotatable bonds is 2. The molecule has 0 saturated carbocycles. The van der Waals surface area contributed by atoms with Crippen LogP contribution in [0.2, 0.25) is 0 Å². The maximum atomic E-state index is 8.78. The normalized spacial score (nSPS) is 10.1. The molecule has 0 aromatic carbocycles. The summed E-state index contributed by atoms with van der Waals surface area (Å²) in [5, 5.41) is 17.6. The molecule has 2 N–H and O–H groups in total. The predicted molar refractivity (Wildman–Crippen MR) is 43.8 cm³/mol. The van der Waals surface area contributed by atoms with Gasteiger partial charge in [0.1, 0.15) is 4.60 Å². The molecule has 0 spiro atoms. The van der Waals surface area contributed by atoms with Crippen LogP contribution in [-0.4, -0.2) is 15.2 Å². The summed E-state index contributed by atoms with van der Waals surface area (Å²) in [6.45, 7) is -0.231. The van der Waals surface area contributed by atoms with Crippen molar-refractivity contribution in [3.8, 4) is 0 Å². The summed E-state index contributed by atoms with van der Waals surface area (Å²) in [7, 11) is 0. The second kappa shape index (κ2) is 3.80. The maximum Gasteiger partial charge on any atom is 0.106 e. The largest absolute Gasteiger partial charge is 0.392 e. The highest BCUT2D eigenvalue weighted by Gasteiger charge is 2.01. The van der Waals surface area contributed by atoms with E-state index in [4.69, 9.17) is 10.2 Å². The summed E-state index contributed by atoms with van der Waals surface area (Å²) in [4.78, 5) is 3.97. The number of aliphatic hydroxyl groups excluding tert-OH is 2. The smallest absolute Gasteiger partial charge is 0.106 e. The Morgan fingerprint density at radius 2 is 2.00 bits per heavy atom. The molecule has 4 heteroatoms. The van der Waals surface area contributed by atoms with E-state index in [9.17, 15) is 0 Å². The highest BCUT2D eigenvalue weighted by Crippen LogP contribution is 2.11. The first kappa shape index (κ1) is 8.64. The molecule has 0 fully saturated rings. The van der Waals surface area contributed by atoms with E-state index in [0.29, 0.717) is 15.9 Å². The van der Waals surface area contributed by atoms with Crippen molar-refractivity contribution in [2.45, 2.75) is 13.2 Å². The van der Waals surface area contributed by atoms with Crippen LogP contribution in [0.5, 0.6) is 0 Å². The van der Waals surface area contributed by atoms with Gasteiger partial charge in [0.05, 0.1) is 18.9 Å². The standard InChI is InChI=1S/C7H8BrNO2/c8-7-2-1-5(3-10)6(4-11)9-7/h1-2,10-11H,3-4H2. The van der Waals surface area contributed by atoms with Gasteiger partial charge in [0.2, 0.25) is 0 Å². The lowest BCUT2D eigenvalue weighted by Gasteiger charge is -2.02. The van der Waals surface area contributed by atoms with Gasteiger partial charge >= 0.3 is 0 Å². The van der Waals surface area contributed by atoms with E-state index in [1.807, 2.05) is 0 Å². The van der Waals surface area contributed by atoms with Crippen molar-refractivity contribution in [1.82, 2.24) is 4.98 Å². The SMILES string of the molecule is OCc1ccc(Br)nc1CO. The van der Waals surface area contributed by atoms with Gasteiger partial charge in [0.25, 0.3) is 0 Å². The van der Waals surface area contributed by atoms with Crippen LogP contribution in [-0.2, 0) is 13.2 Å². The van der Waals surface area contributed by atoms with E-state index in [1.165, 1.54) is 0 Å². The number of aliphatic hydroxyl groups is 2. The average molecular weight is 218 g/mol. The van der Waals surface area contributed by atoms with Crippen LogP contribution in [0.4, 0.5) is 0 Å². The first-order valence-electron chi connectivity index (χ1n) is 3.14. The minimum Gasteiger partial charge on any atom is -0.392 e. The minimum absolute atomic E-state index is 0.0871. The van der Waals surface area contributed by atoms with Gasteiger partial charge in [-0.2, -0.15) is 0 Å². The van der Waals surface area contributed by atoms with Crippen molar-refractivity contribution in [2.24, 2.45) is 0 Å². The Balaban J connectivity index is 3.06. The molecule has 0 aliphatic heterocycles. The predicted octanol–water partition coefficient (Wildman–Crippen LogP) is 0.829. The van der Waals surface area contributed by atoms with Crippen LogP contribution in [0.15, 0.2) is 16.7 Å². The van der Waals surface area contributed by atoms with Gasteiger partial charge in [-0.25, -0.2) is 4.98 Å². The Morgan fingerprint density at radius 1 is 1.27 bits per heavy atom. The van der Waals surface area contributed by atoms with Gasteiger partial charge in [-0.15, -0.1) is 0 Å². The zero-order chi connectivity index (χ0) is 8.27. The molecular formula is C7H8BrNO2. The summed E-state index contributed by atoms with van der Waals surface area (Å²) >= 11 is 3.16. The van der Waals surface area contributed by atoms with Crippen molar-refractivity contribution in [3.05, 3.63) is 28.0 Å². The third-order valence-electron chi connectivity index (χ3n) is 1.35. The van der Waals surface area contributed by atoms with Gasteiger partial charge < -0.3 is 10.2 Å². The van der Waals surface area contributed by atoms with Crippen molar-refractivity contribution < 1.29 is 10.2 Å². The zero-order valence-corrected chi connectivity index (χ0v) is 7.37. The topological polar surface area (TPSA) is 53.4 Å². The summed E-state index contributed by atoms with van der Waals surface area (Å²) in [5.74, 6) is 0. The molecule has 11 heavy (non-hydrogen) atoms. The molecular weight excluding hydrogens is 210 g/mol. The lowest BCUT2D eigenvalue weighted by Crippen LogP contribution is -1.97. The Kier molecular flexibility index (Phi) is 2.99. The number of halogens is 1. The number of aromatic nitrogens is 1. The number of hydrogen-bond acceptors (Lipinski definition) is 3. The van der Waals surface area contributed by atoms with Crippen LogP contribution in [0, 0.1) is 0 Å². The van der Waals surface area contributed by atoms with E-state index in [0.717, 1.165) is 0 Å². The van der Waals surface area contributed by atoms with Crippen molar-refractivity contribution in [2.75, 3.05) is 0 Å². The lowest BCUT2D eigenvalue weighted by molar-refractivity contribution is 0.255. The van der Waals surface area contributed by atoms with Gasteiger partial charge in [0.15, 0.2) is 0 Å². The fourth-order valence-electron chi connectivity index (χ4n) is 0.784. The van der Waals surface area contributed by atoms with Gasteiger partial charge in [0, 0.05) is 5.56 Å². The minimum atomic E-state index is -0.144. The molecule has 1 rings (SSSR count). The van der Waals surface area contributed by atoms with Crippen molar-refractivity contribution in [3.63, 3.8) is 0 Å². The fourth-order valence-corrected chi connectivity index (χ4v) is 1.13. The van der Waals surface area contributed by atoms with E-state index in [-0.39, 0.29) is 13.2 Å². The van der Waals surface area contributed by atoms with Crippen LogP contribution in [0.3, 0.4) is 0 Å². The van der Waals surface area contributed by atoms with Gasteiger partial charge in [-0.05, 0) is 22.0 Å². The Morgan fingerprint density at radius 3 is 2.55 bits per heavy atom. The quantitative estimate of drug-likeness (QED) is 0.723. The van der Waals surface area contributed by atoms with E-state index < -0.39 is 0 Å². The highest BCUT2D eigenvalue weighted by molar-refractivity contribution is 9.10. The second-order valence-corrected chi connectivity index (χ2v) is 2.87. The maximum absolute atomic E-state index is 8.78. The Hall–Kier alpha value is -0.450. The van der Waals surface area contributed by atoms with Crippen molar-refractivity contribution >= 4 is 15.9 Å². The molecule has 0 unspecified atom stereocenters. The summed E-state index contributed by atoms with van der Waals surface area (Å²) < 4.78 is 0.666. The molecule has 0 radical (unpaired) electrons. The van der Waals surface area contributed by atoms with E-state index in [2.05, 4.69) is 20.9 Å². The monoisotopic (exact) mass is 217 g/mol. The molecule has 1 aromatic heterocycles. The highest BCUT2D eigenvalue weighted by atomic mass is 79.9. The van der Waals surface area contributed by atoms with Crippen LogP contribution >= 0.6 is 15.9 Å². The van der Waals surface area contributed by atoms with E-state index in [1.54, 1.807) is 12.1 Å². The molecule has 0 aliphatic carbocycles. The molecule has 0 amide bonds. The van der Waals surface area contributed by atoms with Gasteiger partial charge in [-0.1, -0.05) is 6.07 Å². The molecule has 3 nitrogen and oxygen atoms in total. The molecule has 1 heterocycles. The molecule has 60 valence electrons. The van der Waals surface area contributed by atoms with E-state index >= 15 is 0 Å². The van der Waals surface area contributed by atoms with Crippen LogP contribution in [0.1, 0.15) is 11.3 Å². The molecule has 0 saturated heterocycles. The molecule has 1 aromatic rings. The summed E-state index contributed by atoms with van der Waals surface area (Å²) in [6.07, 6.45) is 0. The fraction of sp³-hybridized carbons (Fsp3) is 0.286. The number of nitrogens with zero attached hydrogens (tertiary/aromatic N) is 1. The molecule has 0 aliphatic rings. The zero-order valence-electron chi connectivity index (χ0n) is 5.79. The second-order valence-electron chi connectivity index (χ2n) is 2.06. The Labute approximate surface area is 72.8 Å². The molecule has 0 bridgehead atoms. The van der Waals surface area contributed by atoms with Crippen molar-refractivity contribution in [1.29, 1.82) is 0 Å². The first-order valence-corrected chi connectivity index (χ1v) is 3.93. The Bertz CT molecular complexity index is 252. The third-order valence-corrected chi connectivity index (χ3v) is 1.80. The molecule has 0 atom stereocenters. The third kappa shape index (κ3) is 1.99. The summed E-state index contributed by atoms with van der Waals surface area (Å²) in [5.41, 5.74) is 1.18. The van der Waals surface area contributed by atoms with Crippen LogP contribution < -0.4 is 0 Å². The number of pyridine rings is 1. The van der Waals surface area contributed by atoms with Crippen LogP contribution in [0.25, 0.3) is 0 Å². The average Bonchev–Trinajstić information content (AvgIpc) is 2.04.